The Kier molecular flexibility index (Phi) is 2.21. The molecule has 0 spiro atoms. The fraction of sp³-hybridized carbons (Fsp3) is 0.800. The van der Waals surface area contributed by atoms with E-state index < -0.39 is 17.8 Å². The van der Waals surface area contributed by atoms with Crippen molar-refractivity contribution < 1.29 is 19.4 Å². The lowest BCUT2D eigenvalue weighted by atomic mass is 9.79. The lowest BCUT2D eigenvalue weighted by Crippen LogP contribution is -2.35. The zero-order valence-corrected chi connectivity index (χ0v) is 8.10. The van der Waals surface area contributed by atoms with E-state index in [2.05, 4.69) is 4.74 Å². The first-order chi connectivity index (χ1) is 6.65. The number of fused-ring (bicyclic) bond motifs is 2. The molecule has 0 heterocycles. The molecular weight excluding hydrogens is 184 g/mol. The van der Waals surface area contributed by atoms with E-state index >= 15 is 0 Å². The van der Waals surface area contributed by atoms with Crippen LogP contribution in [0.1, 0.15) is 19.3 Å². The highest BCUT2D eigenvalue weighted by molar-refractivity contribution is 5.82. The summed E-state index contributed by atoms with van der Waals surface area (Å²) in [6.07, 6.45) is 2.82. The van der Waals surface area contributed by atoms with E-state index in [4.69, 9.17) is 5.11 Å². The average molecular weight is 198 g/mol. The zero-order valence-electron chi connectivity index (χ0n) is 8.10. The predicted molar refractivity (Wildman–Crippen MR) is 47.5 cm³/mol. The van der Waals surface area contributed by atoms with Crippen molar-refractivity contribution in [2.24, 2.45) is 23.7 Å². The summed E-state index contributed by atoms with van der Waals surface area (Å²) < 4.78 is 4.66. The van der Waals surface area contributed by atoms with Crippen molar-refractivity contribution in [1.29, 1.82) is 0 Å². The quantitative estimate of drug-likeness (QED) is 0.670. The summed E-state index contributed by atoms with van der Waals surface area (Å²) in [5.41, 5.74) is 0. The van der Waals surface area contributed by atoms with Gasteiger partial charge >= 0.3 is 11.9 Å². The Balaban J connectivity index is 2.21. The fourth-order valence-electron chi connectivity index (χ4n) is 3.12. The smallest absolute Gasteiger partial charge is 0.309 e. The molecule has 0 aromatic heterocycles. The van der Waals surface area contributed by atoms with E-state index in [0.717, 1.165) is 19.3 Å². The molecule has 4 atom stereocenters. The highest BCUT2D eigenvalue weighted by Gasteiger charge is 2.54. The molecule has 2 bridgehead atoms. The average Bonchev–Trinajstić information content (AvgIpc) is 2.74. The van der Waals surface area contributed by atoms with Gasteiger partial charge in [0.15, 0.2) is 0 Å². The molecule has 0 radical (unpaired) electrons. The molecule has 0 amide bonds. The Morgan fingerprint density at radius 3 is 2.29 bits per heavy atom. The second-order valence-corrected chi connectivity index (χ2v) is 4.25. The predicted octanol–water partition coefficient (Wildman–Crippen LogP) is 0.906. The third-order valence-electron chi connectivity index (χ3n) is 3.67. The number of methoxy groups -OCH3 is 1. The Bertz CT molecular complexity index is 273. The van der Waals surface area contributed by atoms with Gasteiger partial charge in [-0.2, -0.15) is 0 Å². The van der Waals surface area contributed by atoms with Crippen LogP contribution in [0.4, 0.5) is 0 Å². The molecular formula is C10H14O4. The zero-order chi connectivity index (χ0) is 10.3. The summed E-state index contributed by atoms with van der Waals surface area (Å²) >= 11 is 0. The van der Waals surface area contributed by atoms with Crippen LogP contribution in [0.25, 0.3) is 0 Å². The Morgan fingerprint density at radius 1 is 1.21 bits per heavy atom. The van der Waals surface area contributed by atoms with Crippen LogP contribution < -0.4 is 0 Å². The van der Waals surface area contributed by atoms with Crippen molar-refractivity contribution in [3.8, 4) is 0 Å². The number of carbonyl (C=O) groups is 2. The van der Waals surface area contributed by atoms with Crippen molar-refractivity contribution in [3.05, 3.63) is 0 Å². The van der Waals surface area contributed by atoms with E-state index in [0.29, 0.717) is 0 Å². The minimum Gasteiger partial charge on any atom is -0.481 e. The first-order valence-corrected chi connectivity index (χ1v) is 4.95. The number of carbonyl (C=O) groups excluding carboxylic acids is 1. The van der Waals surface area contributed by atoms with Crippen LogP contribution >= 0.6 is 0 Å². The van der Waals surface area contributed by atoms with Crippen molar-refractivity contribution in [3.63, 3.8) is 0 Å². The second kappa shape index (κ2) is 3.26. The van der Waals surface area contributed by atoms with Gasteiger partial charge in [0.2, 0.25) is 0 Å². The molecule has 0 aromatic rings. The standard InChI is InChI=1S/C10H14O4/c1-14-10(13)8-6-3-2-5(4-6)7(8)9(11)12/h5-8H,2-4H2,1H3,(H,11,12)/t5-,6-,7-,8+/m0/s1. The summed E-state index contributed by atoms with van der Waals surface area (Å²) in [5.74, 6) is -1.63. The van der Waals surface area contributed by atoms with E-state index in [1.807, 2.05) is 0 Å². The number of hydrogen-bond acceptors (Lipinski definition) is 3. The highest BCUT2D eigenvalue weighted by Crippen LogP contribution is 2.52. The molecule has 14 heavy (non-hydrogen) atoms. The van der Waals surface area contributed by atoms with Gasteiger partial charge in [-0.3, -0.25) is 9.59 Å². The summed E-state index contributed by atoms with van der Waals surface area (Å²) in [6, 6.07) is 0. The van der Waals surface area contributed by atoms with E-state index in [-0.39, 0.29) is 17.8 Å². The first kappa shape index (κ1) is 9.49. The van der Waals surface area contributed by atoms with Gasteiger partial charge in [-0.05, 0) is 31.1 Å². The fourth-order valence-corrected chi connectivity index (χ4v) is 3.12. The number of esters is 1. The van der Waals surface area contributed by atoms with Gasteiger partial charge in [0.1, 0.15) is 0 Å². The molecule has 2 aliphatic rings. The Labute approximate surface area is 82.2 Å². The molecule has 2 aliphatic carbocycles. The van der Waals surface area contributed by atoms with Crippen LogP contribution in [-0.2, 0) is 14.3 Å². The lowest BCUT2D eigenvalue weighted by molar-refractivity contribution is -0.158. The maximum absolute atomic E-state index is 11.4. The maximum Gasteiger partial charge on any atom is 0.309 e. The monoisotopic (exact) mass is 198 g/mol. The van der Waals surface area contributed by atoms with Crippen LogP contribution in [0.5, 0.6) is 0 Å². The number of rotatable bonds is 2. The molecule has 4 heteroatoms. The first-order valence-electron chi connectivity index (χ1n) is 4.95. The molecule has 4 nitrogen and oxygen atoms in total. The molecule has 2 rings (SSSR count). The number of carboxylic acids is 1. The van der Waals surface area contributed by atoms with Crippen LogP contribution in [0, 0.1) is 23.7 Å². The summed E-state index contributed by atoms with van der Waals surface area (Å²) in [7, 11) is 1.33. The topological polar surface area (TPSA) is 63.6 Å². The number of ether oxygens (including phenoxy) is 1. The van der Waals surface area contributed by atoms with E-state index in [1.54, 1.807) is 0 Å². The molecule has 2 saturated carbocycles. The lowest BCUT2D eigenvalue weighted by Gasteiger charge is -2.25. The molecule has 0 aromatic carbocycles. The number of carboxylic acid groups (broad SMARTS) is 1. The normalized spacial score (nSPS) is 39.8. The van der Waals surface area contributed by atoms with Crippen LogP contribution in [0.2, 0.25) is 0 Å². The van der Waals surface area contributed by atoms with Gasteiger partial charge in [-0.25, -0.2) is 0 Å². The van der Waals surface area contributed by atoms with Crippen molar-refractivity contribution in [2.45, 2.75) is 19.3 Å². The van der Waals surface area contributed by atoms with Crippen LogP contribution in [0.3, 0.4) is 0 Å². The number of hydrogen-bond donors (Lipinski definition) is 1. The number of aliphatic carboxylic acids is 1. The van der Waals surface area contributed by atoms with Gasteiger partial charge in [-0.15, -0.1) is 0 Å². The minimum atomic E-state index is -0.840. The summed E-state index contributed by atoms with van der Waals surface area (Å²) in [4.78, 5) is 22.4. The van der Waals surface area contributed by atoms with Crippen molar-refractivity contribution in [2.75, 3.05) is 7.11 Å². The van der Waals surface area contributed by atoms with Gasteiger partial charge < -0.3 is 9.84 Å². The molecule has 78 valence electrons. The Hall–Kier alpha value is -1.06. The van der Waals surface area contributed by atoms with Gasteiger partial charge in [0.25, 0.3) is 0 Å². The van der Waals surface area contributed by atoms with Gasteiger partial charge in [0.05, 0.1) is 18.9 Å². The van der Waals surface area contributed by atoms with Crippen molar-refractivity contribution in [1.82, 2.24) is 0 Å². The largest absolute Gasteiger partial charge is 0.481 e. The maximum atomic E-state index is 11.4. The molecule has 0 unspecified atom stereocenters. The van der Waals surface area contributed by atoms with Crippen molar-refractivity contribution >= 4 is 11.9 Å². The SMILES string of the molecule is COC(=O)[C@@H]1[C@H]2CC[C@@H](C2)[C@@H]1C(=O)O. The minimum absolute atomic E-state index is 0.196. The van der Waals surface area contributed by atoms with Gasteiger partial charge in [-0.1, -0.05) is 0 Å². The third kappa shape index (κ3) is 1.21. The van der Waals surface area contributed by atoms with Crippen LogP contribution in [-0.4, -0.2) is 24.2 Å². The summed E-state index contributed by atoms with van der Waals surface area (Å²) in [5, 5.41) is 9.04. The van der Waals surface area contributed by atoms with Gasteiger partial charge in [0, 0.05) is 0 Å². The van der Waals surface area contributed by atoms with E-state index in [1.165, 1.54) is 7.11 Å². The molecule has 1 N–H and O–H groups in total. The van der Waals surface area contributed by atoms with E-state index in [9.17, 15) is 9.59 Å². The van der Waals surface area contributed by atoms with Crippen LogP contribution in [0.15, 0.2) is 0 Å². The third-order valence-corrected chi connectivity index (χ3v) is 3.67. The molecule has 2 fully saturated rings. The summed E-state index contributed by atoms with van der Waals surface area (Å²) in [6.45, 7) is 0. The highest BCUT2D eigenvalue weighted by atomic mass is 16.5. The molecule has 0 saturated heterocycles. The Morgan fingerprint density at radius 2 is 1.79 bits per heavy atom. The molecule has 0 aliphatic heterocycles. The second-order valence-electron chi connectivity index (χ2n) is 4.25.